The largest absolute Gasteiger partial charge is 0.321 e. The van der Waals surface area contributed by atoms with Crippen molar-refractivity contribution in [2.24, 2.45) is 7.05 Å². The Morgan fingerprint density at radius 1 is 1.21 bits per heavy atom. The number of aromatic nitrogens is 2. The van der Waals surface area contributed by atoms with E-state index in [0.717, 1.165) is 5.69 Å². The number of amides is 1. The van der Waals surface area contributed by atoms with Crippen LogP contribution in [-0.2, 0) is 7.05 Å². The molecule has 0 radical (unpaired) electrons. The van der Waals surface area contributed by atoms with Crippen molar-refractivity contribution in [1.82, 2.24) is 9.78 Å². The van der Waals surface area contributed by atoms with Crippen LogP contribution in [0.4, 0.5) is 5.69 Å². The molecular weight excluding hydrogens is 242 g/mol. The Morgan fingerprint density at radius 3 is 2.32 bits per heavy atom. The van der Waals surface area contributed by atoms with Crippen molar-refractivity contribution >= 4 is 17.4 Å². The number of Topliss-reactive ketones (excluding diaryl/α,β-unsaturated/α-hetero) is 1. The number of carbonyl (C=O) groups excluding carboxylic acids is 2. The highest BCUT2D eigenvalue weighted by Gasteiger charge is 2.11. The highest BCUT2D eigenvalue weighted by atomic mass is 16.2. The number of ketones is 1. The van der Waals surface area contributed by atoms with Crippen LogP contribution in [-0.4, -0.2) is 21.5 Å². The average Bonchev–Trinajstić information content (AvgIpc) is 2.69. The first-order valence-corrected chi connectivity index (χ1v) is 5.90. The fourth-order valence-corrected chi connectivity index (χ4v) is 1.81. The fraction of sp³-hybridized carbons (Fsp3) is 0.214. The summed E-state index contributed by atoms with van der Waals surface area (Å²) in [7, 11) is 1.72. The van der Waals surface area contributed by atoms with Crippen molar-refractivity contribution in [1.29, 1.82) is 0 Å². The van der Waals surface area contributed by atoms with Crippen LogP contribution in [0.3, 0.4) is 0 Å². The Labute approximate surface area is 111 Å². The predicted molar refractivity (Wildman–Crippen MR) is 72.3 cm³/mol. The van der Waals surface area contributed by atoms with Crippen LogP contribution in [0.1, 0.15) is 33.5 Å². The van der Waals surface area contributed by atoms with Gasteiger partial charge in [-0.3, -0.25) is 14.3 Å². The van der Waals surface area contributed by atoms with Crippen LogP contribution in [0.25, 0.3) is 0 Å². The molecule has 0 spiro atoms. The molecule has 0 aliphatic carbocycles. The highest BCUT2D eigenvalue weighted by Crippen LogP contribution is 2.12. The van der Waals surface area contributed by atoms with E-state index in [0.29, 0.717) is 16.9 Å². The van der Waals surface area contributed by atoms with Crippen LogP contribution < -0.4 is 5.32 Å². The molecule has 0 fully saturated rings. The maximum Gasteiger partial charge on any atom is 0.273 e. The average molecular weight is 257 g/mol. The molecule has 0 atom stereocenters. The molecule has 5 nitrogen and oxygen atoms in total. The molecule has 1 heterocycles. The second-order valence-corrected chi connectivity index (χ2v) is 4.38. The predicted octanol–water partition coefficient (Wildman–Crippen LogP) is 2.18. The SMILES string of the molecule is CC(=O)c1ccc(NC(=O)c2cc(C)nn2C)cc1. The zero-order chi connectivity index (χ0) is 14.0. The Balaban J connectivity index is 2.15. The first-order valence-electron chi connectivity index (χ1n) is 5.90. The molecule has 2 aromatic rings. The maximum absolute atomic E-state index is 12.0. The summed E-state index contributed by atoms with van der Waals surface area (Å²) in [6.45, 7) is 3.34. The Bertz CT molecular complexity index is 627. The van der Waals surface area contributed by atoms with Gasteiger partial charge in [-0.15, -0.1) is 0 Å². The van der Waals surface area contributed by atoms with Gasteiger partial charge in [-0.25, -0.2) is 0 Å². The van der Waals surface area contributed by atoms with E-state index in [1.807, 2.05) is 6.92 Å². The van der Waals surface area contributed by atoms with Gasteiger partial charge in [0, 0.05) is 18.3 Å². The number of carbonyl (C=O) groups is 2. The molecule has 0 aliphatic heterocycles. The summed E-state index contributed by atoms with van der Waals surface area (Å²) in [5, 5.41) is 6.89. The van der Waals surface area contributed by atoms with Crippen molar-refractivity contribution in [3.63, 3.8) is 0 Å². The highest BCUT2D eigenvalue weighted by molar-refractivity contribution is 6.03. The second-order valence-electron chi connectivity index (χ2n) is 4.38. The zero-order valence-electron chi connectivity index (χ0n) is 11.1. The molecule has 0 unspecified atom stereocenters. The van der Waals surface area contributed by atoms with Gasteiger partial charge in [-0.2, -0.15) is 5.10 Å². The fourth-order valence-electron chi connectivity index (χ4n) is 1.81. The summed E-state index contributed by atoms with van der Waals surface area (Å²) in [4.78, 5) is 23.2. The molecule has 5 heteroatoms. The summed E-state index contributed by atoms with van der Waals surface area (Å²) in [5.41, 5.74) is 2.55. The van der Waals surface area contributed by atoms with Gasteiger partial charge in [0.2, 0.25) is 0 Å². The number of hydrogen-bond donors (Lipinski definition) is 1. The van der Waals surface area contributed by atoms with Crippen LogP contribution in [0.2, 0.25) is 0 Å². The lowest BCUT2D eigenvalue weighted by atomic mass is 10.1. The lowest BCUT2D eigenvalue weighted by molar-refractivity contribution is 0.101. The van der Waals surface area contributed by atoms with E-state index >= 15 is 0 Å². The number of benzene rings is 1. The molecule has 1 amide bonds. The topological polar surface area (TPSA) is 64.0 Å². The summed E-state index contributed by atoms with van der Waals surface area (Å²) in [5.74, 6) is -0.223. The molecule has 1 N–H and O–H groups in total. The summed E-state index contributed by atoms with van der Waals surface area (Å²) in [6.07, 6.45) is 0. The summed E-state index contributed by atoms with van der Waals surface area (Å²) < 4.78 is 1.54. The third-order valence-corrected chi connectivity index (χ3v) is 2.78. The van der Waals surface area contributed by atoms with E-state index in [9.17, 15) is 9.59 Å². The van der Waals surface area contributed by atoms with E-state index in [1.165, 1.54) is 11.6 Å². The Morgan fingerprint density at radius 2 is 1.84 bits per heavy atom. The van der Waals surface area contributed by atoms with Crippen molar-refractivity contribution in [2.45, 2.75) is 13.8 Å². The molecule has 1 aromatic heterocycles. The zero-order valence-corrected chi connectivity index (χ0v) is 11.1. The minimum absolute atomic E-state index is 0.000126. The summed E-state index contributed by atoms with van der Waals surface area (Å²) >= 11 is 0. The van der Waals surface area contributed by atoms with Gasteiger partial charge in [-0.05, 0) is 44.2 Å². The van der Waals surface area contributed by atoms with Gasteiger partial charge in [0.1, 0.15) is 5.69 Å². The Hall–Kier alpha value is -2.43. The van der Waals surface area contributed by atoms with Gasteiger partial charge in [0.15, 0.2) is 5.78 Å². The molecule has 0 saturated heterocycles. The first-order chi connectivity index (χ1) is 8.97. The maximum atomic E-state index is 12.0. The number of anilines is 1. The third kappa shape index (κ3) is 2.88. The minimum atomic E-state index is -0.223. The number of aryl methyl sites for hydroxylation is 2. The van der Waals surface area contributed by atoms with Crippen molar-refractivity contribution in [2.75, 3.05) is 5.32 Å². The van der Waals surface area contributed by atoms with Gasteiger partial charge in [-0.1, -0.05) is 0 Å². The second kappa shape index (κ2) is 5.06. The smallest absolute Gasteiger partial charge is 0.273 e. The number of rotatable bonds is 3. The van der Waals surface area contributed by atoms with Gasteiger partial charge < -0.3 is 5.32 Å². The number of nitrogens with one attached hydrogen (secondary N) is 1. The molecule has 0 saturated carbocycles. The summed E-state index contributed by atoms with van der Waals surface area (Å²) in [6, 6.07) is 8.51. The minimum Gasteiger partial charge on any atom is -0.321 e. The van der Waals surface area contributed by atoms with E-state index in [-0.39, 0.29) is 11.7 Å². The molecule has 0 bridgehead atoms. The standard InChI is InChI=1S/C14H15N3O2/c1-9-8-13(17(3)16-9)14(19)15-12-6-4-11(5-7-12)10(2)18/h4-8H,1-3H3,(H,15,19). The van der Waals surface area contributed by atoms with Gasteiger partial charge >= 0.3 is 0 Å². The number of hydrogen-bond acceptors (Lipinski definition) is 3. The van der Waals surface area contributed by atoms with E-state index < -0.39 is 0 Å². The van der Waals surface area contributed by atoms with E-state index in [1.54, 1.807) is 37.4 Å². The van der Waals surface area contributed by atoms with Gasteiger partial charge in [0.05, 0.1) is 5.69 Å². The van der Waals surface area contributed by atoms with Crippen molar-refractivity contribution < 1.29 is 9.59 Å². The van der Waals surface area contributed by atoms with Gasteiger partial charge in [0.25, 0.3) is 5.91 Å². The third-order valence-electron chi connectivity index (χ3n) is 2.78. The molecule has 2 rings (SSSR count). The monoisotopic (exact) mass is 257 g/mol. The van der Waals surface area contributed by atoms with Crippen LogP contribution in [0.5, 0.6) is 0 Å². The molecular formula is C14H15N3O2. The Kier molecular flexibility index (Phi) is 3.46. The lowest BCUT2D eigenvalue weighted by Gasteiger charge is -2.05. The molecule has 98 valence electrons. The van der Waals surface area contributed by atoms with Crippen molar-refractivity contribution in [3.8, 4) is 0 Å². The van der Waals surface area contributed by atoms with E-state index in [4.69, 9.17) is 0 Å². The normalized spacial score (nSPS) is 10.3. The van der Waals surface area contributed by atoms with Crippen molar-refractivity contribution in [3.05, 3.63) is 47.3 Å². The lowest BCUT2D eigenvalue weighted by Crippen LogP contribution is -2.16. The number of nitrogens with zero attached hydrogens (tertiary/aromatic N) is 2. The first kappa shape index (κ1) is 13.0. The quantitative estimate of drug-likeness (QED) is 0.857. The van der Waals surface area contributed by atoms with Crippen LogP contribution in [0.15, 0.2) is 30.3 Å². The van der Waals surface area contributed by atoms with Crippen LogP contribution in [0, 0.1) is 6.92 Å². The van der Waals surface area contributed by atoms with E-state index in [2.05, 4.69) is 10.4 Å². The molecule has 1 aromatic carbocycles. The molecule has 19 heavy (non-hydrogen) atoms. The van der Waals surface area contributed by atoms with Crippen LogP contribution >= 0.6 is 0 Å². The molecule has 0 aliphatic rings.